The minimum atomic E-state index is -0.172. The van der Waals surface area contributed by atoms with Crippen molar-refractivity contribution >= 4 is 6.03 Å². The highest BCUT2D eigenvalue weighted by atomic mass is 16.5. The molecule has 0 aromatic heterocycles. The summed E-state index contributed by atoms with van der Waals surface area (Å²) in [6.45, 7) is 6.91. The zero-order valence-electron chi connectivity index (χ0n) is 12.3. The third kappa shape index (κ3) is 7.63. The van der Waals surface area contributed by atoms with Crippen molar-refractivity contribution in [1.29, 1.82) is 0 Å². The molecule has 2 amide bonds. The highest BCUT2D eigenvalue weighted by Crippen LogP contribution is 2.10. The Labute approximate surface area is 120 Å². The van der Waals surface area contributed by atoms with Crippen LogP contribution in [0, 0.1) is 6.92 Å². The SMILES string of the molecule is CCOCCCNC(=O)NCCOc1ccc(C)cc1. The van der Waals surface area contributed by atoms with Crippen molar-refractivity contribution in [3.05, 3.63) is 29.8 Å². The number of nitrogens with one attached hydrogen (secondary N) is 2. The van der Waals surface area contributed by atoms with Gasteiger partial charge in [0.05, 0.1) is 6.54 Å². The molecule has 0 saturated heterocycles. The van der Waals surface area contributed by atoms with Gasteiger partial charge in [0.1, 0.15) is 12.4 Å². The van der Waals surface area contributed by atoms with E-state index in [1.54, 1.807) is 0 Å². The molecule has 1 aromatic carbocycles. The van der Waals surface area contributed by atoms with Gasteiger partial charge in [0.15, 0.2) is 0 Å². The third-order valence-electron chi connectivity index (χ3n) is 2.63. The average Bonchev–Trinajstić information content (AvgIpc) is 2.45. The fourth-order valence-corrected chi connectivity index (χ4v) is 1.55. The van der Waals surface area contributed by atoms with Gasteiger partial charge in [0, 0.05) is 19.8 Å². The van der Waals surface area contributed by atoms with Crippen molar-refractivity contribution in [2.75, 3.05) is 32.9 Å². The molecule has 5 nitrogen and oxygen atoms in total. The van der Waals surface area contributed by atoms with E-state index in [-0.39, 0.29) is 6.03 Å². The van der Waals surface area contributed by atoms with Crippen LogP contribution in [0.2, 0.25) is 0 Å². The maximum atomic E-state index is 11.4. The summed E-state index contributed by atoms with van der Waals surface area (Å²) in [4.78, 5) is 11.4. The number of urea groups is 1. The van der Waals surface area contributed by atoms with Crippen LogP contribution in [-0.4, -0.2) is 38.9 Å². The number of hydrogen-bond donors (Lipinski definition) is 2. The lowest BCUT2D eigenvalue weighted by atomic mass is 10.2. The Morgan fingerprint density at radius 3 is 2.50 bits per heavy atom. The zero-order valence-corrected chi connectivity index (χ0v) is 12.3. The molecule has 1 rings (SSSR count). The molecule has 0 saturated carbocycles. The summed E-state index contributed by atoms with van der Waals surface area (Å²) in [5.41, 5.74) is 1.20. The first kappa shape index (κ1) is 16.3. The molecule has 112 valence electrons. The summed E-state index contributed by atoms with van der Waals surface area (Å²) in [6.07, 6.45) is 0.821. The van der Waals surface area contributed by atoms with Crippen LogP contribution in [0.4, 0.5) is 4.79 Å². The normalized spacial score (nSPS) is 10.1. The number of rotatable bonds is 9. The van der Waals surface area contributed by atoms with Crippen molar-refractivity contribution < 1.29 is 14.3 Å². The molecule has 0 aliphatic rings. The van der Waals surface area contributed by atoms with E-state index in [1.165, 1.54) is 5.56 Å². The molecule has 0 aliphatic heterocycles. The largest absolute Gasteiger partial charge is 0.492 e. The molecule has 5 heteroatoms. The van der Waals surface area contributed by atoms with Crippen molar-refractivity contribution in [3.8, 4) is 5.75 Å². The first-order chi connectivity index (χ1) is 9.72. The van der Waals surface area contributed by atoms with Crippen molar-refractivity contribution in [3.63, 3.8) is 0 Å². The maximum absolute atomic E-state index is 11.4. The molecule has 1 aromatic rings. The van der Waals surface area contributed by atoms with Gasteiger partial charge in [0.2, 0.25) is 0 Å². The molecule has 0 aliphatic carbocycles. The predicted molar refractivity (Wildman–Crippen MR) is 79.2 cm³/mol. The highest BCUT2D eigenvalue weighted by molar-refractivity contribution is 5.73. The molecule has 0 atom stereocenters. The van der Waals surface area contributed by atoms with E-state index in [2.05, 4.69) is 10.6 Å². The topological polar surface area (TPSA) is 59.6 Å². The van der Waals surface area contributed by atoms with Crippen molar-refractivity contribution in [2.45, 2.75) is 20.3 Å². The second-order valence-corrected chi connectivity index (χ2v) is 4.39. The second kappa shape index (κ2) is 10.1. The van der Waals surface area contributed by atoms with Crippen molar-refractivity contribution in [1.82, 2.24) is 10.6 Å². The minimum absolute atomic E-state index is 0.172. The number of hydrogen-bond acceptors (Lipinski definition) is 3. The molecule has 0 fully saturated rings. The first-order valence-corrected chi connectivity index (χ1v) is 7.01. The fourth-order valence-electron chi connectivity index (χ4n) is 1.55. The minimum Gasteiger partial charge on any atom is -0.492 e. The van der Waals surface area contributed by atoms with Crippen LogP contribution in [0.5, 0.6) is 5.75 Å². The zero-order chi connectivity index (χ0) is 14.6. The van der Waals surface area contributed by atoms with Crippen LogP contribution >= 0.6 is 0 Å². The van der Waals surface area contributed by atoms with E-state index in [1.807, 2.05) is 38.1 Å². The van der Waals surface area contributed by atoms with Crippen LogP contribution in [-0.2, 0) is 4.74 Å². The molecule has 0 spiro atoms. The lowest BCUT2D eigenvalue weighted by Crippen LogP contribution is -2.38. The van der Waals surface area contributed by atoms with Gasteiger partial charge >= 0.3 is 6.03 Å². The Hall–Kier alpha value is -1.75. The van der Waals surface area contributed by atoms with Crippen LogP contribution in [0.3, 0.4) is 0 Å². The van der Waals surface area contributed by atoms with Crippen LogP contribution in [0.1, 0.15) is 18.9 Å². The third-order valence-corrected chi connectivity index (χ3v) is 2.63. The van der Waals surface area contributed by atoms with E-state index in [4.69, 9.17) is 9.47 Å². The highest BCUT2D eigenvalue weighted by Gasteiger charge is 1.99. The van der Waals surface area contributed by atoms with Crippen LogP contribution < -0.4 is 15.4 Å². The maximum Gasteiger partial charge on any atom is 0.314 e. The van der Waals surface area contributed by atoms with E-state index < -0.39 is 0 Å². The smallest absolute Gasteiger partial charge is 0.314 e. The lowest BCUT2D eigenvalue weighted by molar-refractivity contribution is 0.145. The average molecular weight is 280 g/mol. The Balaban J connectivity index is 2.00. The van der Waals surface area contributed by atoms with E-state index >= 15 is 0 Å². The van der Waals surface area contributed by atoms with Gasteiger partial charge in [0.25, 0.3) is 0 Å². The molecular formula is C15H24N2O3. The van der Waals surface area contributed by atoms with E-state index in [9.17, 15) is 4.79 Å². The van der Waals surface area contributed by atoms with Gasteiger partial charge in [-0.3, -0.25) is 0 Å². The van der Waals surface area contributed by atoms with Crippen LogP contribution in [0.15, 0.2) is 24.3 Å². The molecule has 20 heavy (non-hydrogen) atoms. The Kier molecular flexibility index (Phi) is 8.22. The Morgan fingerprint density at radius 2 is 1.80 bits per heavy atom. The quantitative estimate of drug-likeness (QED) is 0.681. The molecule has 0 radical (unpaired) electrons. The van der Waals surface area contributed by atoms with Crippen LogP contribution in [0.25, 0.3) is 0 Å². The molecule has 0 bridgehead atoms. The van der Waals surface area contributed by atoms with Gasteiger partial charge in [-0.15, -0.1) is 0 Å². The van der Waals surface area contributed by atoms with Crippen molar-refractivity contribution in [2.24, 2.45) is 0 Å². The number of ether oxygens (including phenoxy) is 2. The number of carbonyl (C=O) groups is 1. The van der Waals surface area contributed by atoms with E-state index in [0.29, 0.717) is 32.9 Å². The fraction of sp³-hybridized carbons (Fsp3) is 0.533. The molecule has 0 heterocycles. The van der Waals surface area contributed by atoms with Gasteiger partial charge in [-0.05, 0) is 32.4 Å². The summed E-state index contributed by atoms with van der Waals surface area (Å²) in [5.74, 6) is 0.814. The standard InChI is InChI=1S/C15H24N2O3/c1-3-19-11-4-9-16-15(18)17-10-12-20-14-7-5-13(2)6-8-14/h5-8H,3-4,9-12H2,1-2H3,(H2,16,17,18). The number of amides is 2. The van der Waals surface area contributed by atoms with Gasteiger partial charge in [-0.1, -0.05) is 17.7 Å². The van der Waals surface area contributed by atoms with Gasteiger partial charge < -0.3 is 20.1 Å². The molecule has 0 unspecified atom stereocenters. The first-order valence-electron chi connectivity index (χ1n) is 7.01. The number of carbonyl (C=O) groups excluding carboxylic acids is 1. The number of aryl methyl sites for hydroxylation is 1. The molecule has 2 N–H and O–H groups in total. The summed E-state index contributed by atoms with van der Waals surface area (Å²) in [5, 5.41) is 5.50. The lowest BCUT2D eigenvalue weighted by Gasteiger charge is -2.09. The molecular weight excluding hydrogens is 256 g/mol. The summed E-state index contributed by atoms with van der Waals surface area (Å²) in [6, 6.07) is 7.66. The van der Waals surface area contributed by atoms with E-state index in [0.717, 1.165) is 12.2 Å². The second-order valence-electron chi connectivity index (χ2n) is 4.39. The summed E-state index contributed by atoms with van der Waals surface area (Å²) >= 11 is 0. The monoisotopic (exact) mass is 280 g/mol. The Bertz CT molecular complexity index is 379. The van der Waals surface area contributed by atoms with Gasteiger partial charge in [-0.2, -0.15) is 0 Å². The summed E-state index contributed by atoms with van der Waals surface area (Å²) < 4.78 is 10.7. The predicted octanol–water partition coefficient (Wildman–Crippen LogP) is 2.10. The number of benzene rings is 1. The summed E-state index contributed by atoms with van der Waals surface area (Å²) in [7, 11) is 0. The Morgan fingerprint density at radius 1 is 1.10 bits per heavy atom. The van der Waals surface area contributed by atoms with Gasteiger partial charge in [-0.25, -0.2) is 4.79 Å².